The molecule has 0 bridgehead atoms. The number of hydrogen-bond donors (Lipinski definition) is 0. The predicted octanol–water partition coefficient (Wildman–Crippen LogP) is 1.70. The highest BCUT2D eigenvalue weighted by Crippen LogP contribution is 2.27. The first-order valence-corrected chi connectivity index (χ1v) is 5.38. The van der Waals surface area contributed by atoms with Gasteiger partial charge in [-0.2, -0.15) is 0 Å². The van der Waals surface area contributed by atoms with E-state index in [9.17, 15) is 0 Å². The zero-order chi connectivity index (χ0) is 9.54. The van der Waals surface area contributed by atoms with E-state index in [0.29, 0.717) is 0 Å². The lowest BCUT2D eigenvalue weighted by molar-refractivity contribution is 0.613. The fraction of sp³-hybridized carbons (Fsp3) is 0.333. The van der Waals surface area contributed by atoms with E-state index in [1.54, 1.807) is 6.20 Å². The Kier molecular flexibility index (Phi) is 1.73. The third-order valence-electron chi connectivity index (χ3n) is 2.54. The standard InChI is InChI=1S/C9H9BrN4/c10-9-12-8(13-3-1-4-13)7-6-11-2-5-14(7)9/h2,5-6H,1,3-4H2. The van der Waals surface area contributed by atoms with Crippen molar-refractivity contribution in [3.05, 3.63) is 23.3 Å². The molecule has 0 spiro atoms. The highest BCUT2D eigenvalue weighted by molar-refractivity contribution is 9.10. The predicted molar refractivity (Wildman–Crippen MR) is 57.5 cm³/mol. The molecule has 3 rings (SSSR count). The van der Waals surface area contributed by atoms with Crippen LogP contribution >= 0.6 is 15.9 Å². The van der Waals surface area contributed by atoms with Crippen LogP contribution in [0, 0.1) is 0 Å². The Morgan fingerprint density at radius 3 is 2.93 bits per heavy atom. The van der Waals surface area contributed by atoms with Crippen LogP contribution in [0.2, 0.25) is 0 Å². The Morgan fingerprint density at radius 2 is 2.21 bits per heavy atom. The van der Waals surface area contributed by atoms with Gasteiger partial charge >= 0.3 is 0 Å². The molecule has 3 heterocycles. The smallest absolute Gasteiger partial charge is 0.183 e. The normalized spacial score (nSPS) is 15.9. The number of fused-ring (bicyclic) bond motifs is 1. The minimum absolute atomic E-state index is 0.844. The van der Waals surface area contributed by atoms with Gasteiger partial charge in [-0.15, -0.1) is 0 Å². The van der Waals surface area contributed by atoms with E-state index in [0.717, 1.165) is 29.2 Å². The molecule has 0 unspecified atom stereocenters. The summed E-state index contributed by atoms with van der Waals surface area (Å²) in [6.07, 6.45) is 6.79. The van der Waals surface area contributed by atoms with Crippen LogP contribution < -0.4 is 4.90 Å². The Morgan fingerprint density at radius 1 is 1.36 bits per heavy atom. The molecule has 0 saturated carbocycles. The Labute approximate surface area is 89.7 Å². The molecule has 2 aromatic rings. The lowest BCUT2D eigenvalue weighted by Gasteiger charge is -2.31. The van der Waals surface area contributed by atoms with E-state index in [-0.39, 0.29) is 0 Å². The molecule has 1 aliphatic heterocycles. The van der Waals surface area contributed by atoms with Crippen molar-refractivity contribution >= 4 is 27.3 Å². The molecular weight excluding hydrogens is 244 g/mol. The van der Waals surface area contributed by atoms with E-state index in [1.165, 1.54) is 6.42 Å². The molecule has 5 heteroatoms. The van der Waals surface area contributed by atoms with Gasteiger partial charge < -0.3 is 4.90 Å². The van der Waals surface area contributed by atoms with Gasteiger partial charge in [0.25, 0.3) is 0 Å². The van der Waals surface area contributed by atoms with Crippen LogP contribution in [0.4, 0.5) is 5.82 Å². The first-order valence-electron chi connectivity index (χ1n) is 4.59. The minimum Gasteiger partial charge on any atom is -0.355 e. The van der Waals surface area contributed by atoms with Crippen LogP contribution in [-0.2, 0) is 0 Å². The molecule has 0 atom stereocenters. The van der Waals surface area contributed by atoms with Gasteiger partial charge in [0.15, 0.2) is 10.6 Å². The fourth-order valence-electron chi connectivity index (χ4n) is 1.65. The van der Waals surface area contributed by atoms with Crippen molar-refractivity contribution in [2.45, 2.75) is 6.42 Å². The molecule has 4 nitrogen and oxygen atoms in total. The number of anilines is 1. The number of nitrogens with zero attached hydrogens (tertiary/aromatic N) is 4. The number of halogens is 1. The van der Waals surface area contributed by atoms with E-state index in [2.05, 4.69) is 30.8 Å². The average Bonchev–Trinajstić information content (AvgIpc) is 2.43. The van der Waals surface area contributed by atoms with Crippen molar-refractivity contribution in [1.29, 1.82) is 0 Å². The van der Waals surface area contributed by atoms with Gasteiger partial charge in [-0.25, -0.2) is 4.98 Å². The summed E-state index contributed by atoms with van der Waals surface area (Å²) in [5.41, 5.74) is 1.07. The maximum absolute atomic E-state index is 4.48. The summed E-state index contributed by atoms with van der Waals surface area (Å²) < 4.78 is 2.84. The molecule has 1 saturated heterocycles. The minimum atomic E-state index is 0.844. The van der Waals surface area contributed by atoms with Crippen LogP contribution in [0.1, 0.15) is 6.42 Å². The SMILES string of the molecule is Brc1nc(N2CCC2)c2cnccn12. The molecule has 0 amide bonds. The van der Waals surface area contributed by atoms with Crippen molar-refractivity contribution in [3.8, 4) is 0 Å². The second-order valence-electron chi connectivity index (χ2n) is 3.38. The summed E-state index contributed by atoms with van der Waals surface area (Å²) in [5.74, 6) is 1.04. The topological polar surface area (TPSA) is 33.4 Å². The van der Waals surface area contributed by atoms with Crippen molar-refractivity contribution in [3.63, 3.8) is 0 Å². The molecule has 0 aliphatic carbocycles. The van der Waals surface area contributed by atoms with Gasteiger partial charge in [-0.05, 0) is 22.4 Å². The number of aromatic nitrogens is 3. The molecule has 14 heavy (non-hydrogen) atoms. The van der Waals surface area contributed by atoms with Gasteiger partial charge in [0.05, 0.1) is 6.20 Å². The fourth-order valence-corrected chi connectivity index (χ4v) is 2.12. The number of hydrogen-bond acceptors (Lipinski definition) is 3. The molecule has 0 radical (unpaired) electrons. The van der Waals surface area contributed by atoms with Crippen molar-refractivity contribution in [2.24, 2.45) is 0 Å². The van der Waals surface area contributed by atoms with Crippen molar-refractivity contribution in [2.75, 3.05) is 18.0 Å². The average molecular weight is 253 g/mol. The van der Waals surface area contributed by atoms with Gasteiger partial charge in [-0.3, -0.25) is 9.38 Å². The van der Waals surface area contributed by atoms with Gasteiger partial charge in [0.1, 0.15) is 5.52 Å². The Balaban J connectivity index is 2.23. The van der Waals surface area contributed by atoms with Gasteiger partial charge in [0, 0.05) is 25.5 Å². The Hall–Kier alpha value is -1.10. The lowest BCUT2D eigenvalue weighted by atomic mass is 10.2. The third kappa shape index (κ3) is 1.05. The van der Waals surface area contributed by atoms with E-state index >= 15 is 0 Å². The maximum atomic E-state index is 4.48. The Bertz CT molecular complexity index is 475. The molecule has 1 aliphatic rings. The quantitative estimate of drug-likeness (QED) is 0.775. The maximum Gasteiger partial charge on any atom is 0.183 e. The van der Waals surface area contributed by atoms with Crippen LogP contribution in [-0.4, -0.2) is 27.5 Å². The first-order chi connectivity index (χ1) is 6.86. The second-order valence-corrected chi connectivity index (χ2v) is 4.09. The molecule has 2 aromatic heterocycles. The van der Waals surface area contributed by atoms with Crippen LogP contribution in [0.25, 0.3) is 5.52 Å². The summed E-state index contributed by atoms with van der Waals surface area (Å²) in [6, 6.07) is 0. The highest BCUT2D eigenvalue weighted by atomic mass is 79.9. The van der Waals surface area contributed by atoms with Gasteiger partial charge in [-0.1, -0.05) is 0 Å². The molecule has 1 fully saturated rings. The van der Waals surface area contributed by atoms with Crippen LogP contribution in [0.15, 0.2) is 23.3 Å². The zero-order valence-corrected chi connectivity index (χ0v) is 9.11. The molecule has 72 valence electrons. The summed E-state index contributed by atoms with van der Waals surface area (Å²) >= 11 is 3.44. The van der Waals surface area contributed by atoms with Crippen LogP contribution in [0.5, 0.6) is 0 Å². The second kappa shape index (κ2) is 2.95. The summed E-state index contributed by atoms with van der Waals surface area (Å²) in [5, 5.41) is 0. The summed E-state index contributed by atoms with van der Waals surface area (Å²) in [4.78, 5) is 10.9. The molecular formula is C9H9BrN4. The van der Waals surface area contributed by atoms with E-state index in [1.807, 2.05) is 16.8 Å². The molecule has 0 aromatic carbocycles. The van der Waals surface area contributed by atoms with Crippen LogP contribution in [0.3, 0.4) is 0 Å². The van der Waals surface area contributed by atoms with Crippen molar-refractivity contribution in [1.82, 2.24) is 14.4 Å². The summed E-state index contributed by atoms with van der Waals surface area (Å²) in [6.45, 7) is 2.21. The van der Waals surface area contributed by atoms with E-state index in [4.69, 9.17) is 0 Å². The number of rotatable bonds is 1. The largest absolute Gasteiger partial charge is 0.355 e. The highest BCUT2D eigenvalue weighted by Gasteiger charge is 2.20. The zero-order valence-electron chi connectivity index (χ0n) is 7.52. The van der Waals surface area contributed by atoms with Crippen molar-refractivity contribution < 1.29 is 0 Å². The monoisotopic (exact) mass is 252 g/mol. The number of imidazole rings is 1. The first kappa shape index (κ1) is 8.23. The van der Waals surface area contributed by atoms with Gasteiger partial charge in [0.2, 0.25) is 0 Å². The molecule has 0 N–H and O–H groups in total. The lowest BCUT2D eigenvalue weighted by Crippen LogP contribution is -2.37. The summed E-state index contributed by atoms with van der Waals surface area (Å²) in [7, 11) is 0. The van der Waals surface area contributed by atoms with E-state index < -0.39 is 0 Å². The third-order valence-corrected chi connectivity index (χ3v) is 3.10.